The summed E-state index contributed by atoms with van der Waals surface area (Å²) in [7, 11) is 2.19. The largest absolute Gasteiger partial charge is 0.374 e. The molecule has 0 saturated heterocycles. The van der Waals surface area contributed by atoms with Gasteiger partial charge >= 0.3 is 0 Å². The maximum Gasteiger partial charge on any atom is 0.0397 e. The van der Waals surface area contributed by atoms with Gasteiger partial charge < -0.3 is 10.2 Å². The highest BCUT2D eigenvalue weighted by molar-refractivity contribution is 5.59. The van der Waals surface area contributed by atoms with Crippen molar-refractivity contribution in [1.82, 2.24) is 5.32 Å². The molecule has 0 aromatic heterocycles. The zero-order valence-electron chi connectivity index (χ0n) is 10.9. The highest BCUT2D eigenvalue weighted by Gasteiger charge is 2.38. The molecule has 2 unspecified atom stereocenters. The van der Waals surface area contributed by atoms with Crippen LogP contribution in [-0.4, -0.2) is 26.7 Å². The topological polar surface area (TPSA) is 15.3 Å². The number of nitrogens with one attached hydrogen (secondary N) is 1. The average Bonchev–Trinajstić information content (AvgIpc) is 3.04. The smallest absolute Gasteiger partial charge is 0.0397 e. The molecule has 3 rings (SSSR count). The van der Waals surface area contributed by atoms with Crippen LogP contribution < -0.4 is 10.2 Å². The minimum absolute atomic E-state index is 0.824. The lowest BCUT2D eigenvalue weighted by atomic mass is 10.0. The van der Waals surface area contributed by atoms with Crippen LogP contribution in [0, 0.1) is 5.92 Å². The van der Waals surface area contributed by atoms with Gasteiger partial charge in [0, 0.05) is 19.3 Å². The van der Waals surface area contributed by atoms with Crippen molar-refractivity contribution < 1.29 is 0 Å². The van der Waals surface area contributed by atoms with Crippen molar-refractivity contribution in [2.75, 3.05) is 31.6 Å². The van der Waals surface area contributed by atoms with Gasteiger partial charge in [0.05, 0.1) is 0 Å². The lowest BCUT2D eigenvalue weighted by molar-refractivity contribution is 0.649. The van der Waals surface area contributed by atoms with E-state index in [-0.39, 0.29) is 0 Å². The Morgan fingerprint density at radius 3 is 3.12 bits per heavy atom. The molecule has 1 heterocycles. The van der Waals surface area contributed by atoms with E-state index in [1.54, 1.807) is 11.1 Å². The predicted octanol–water partition coefficient (Wildman–Crippen LogP) is 2.39. The summed E-state index contributed by atoms with van der Waals surface area (Å²) in [6.07, 6.45) is 2.60. The van der Waals surface area contributed by atoms with Crippen LogP contribution in [0.5, 0.6) is 0 Å². The molecule has 0 spiro atoms. The lowest BCUT2D eigenvalue weighted by Gasteiger charge is -2.12. The number of fused-ring (bicyclic) bond motifs is 1. The summed E-state index contributed by atoms with van der Waals surface area (Å²) in [4.78, 5) is 2.36. The molecule has 2 nitrogen and oxygen atoms in total. The molecular formula is C15H22N2. The van der Waals surface area contributed by atoms with Gasteiger partial charge in [0.25, 0.3) is 0 Å². The van der Waals surface area contributed by atoms with E-state index in [0.29, 0.717) is 0 Å². The number of anilines is 1. The van der Waals surface area contributed by atoms with E-state index in [1.807, 2.05) is 0 Å². The van der Waals surface area contributed by atoms with Crippen LogP contribution >= 0.6 is 0 Å². The molecule has 1 N–H and O–H groups in total. The quantitative estimate of drug-likeness (QED) is 0.854. The van der Waals surface area contributed by atoms with Crippen LogP contribution in [0.25, 0.3) is 0 Å². The minimum atomic E-state index is 0.824. The normalized spacial score (nSPS) is 26.1. The Bertz CT molecular complexity index is 413. The first-order valence-corrected chi connectivity index (χ1v) is 6.84. The van der Waals surface area contributed by atoms with Gasteiger partial charge in [0.15, 0.2) is 0 Å². The highest BCUT2D eigenvalue weighted by atomic mass is 15.1. The standard InChI is InChI=1S/C15H22N2/c1-3-16-10-13-9-14(13)11-4-5-15-12(8-11)6-7-17(15)2/h4-5,8,13-14,16H,3,6-7,9-10H2,1-2H3. The number of benzene rings is 1. The Kier molecular flexibility index (Phi) is 2.83. The fourth-order valence-electron chi connectivity index (χ4n) is 3.03. The second-order valence-electron chi connectivity index (χ2n) is 5.47. The number of rotatable bonds is 4. The molecule has 1 fully saturated rings. The Morgan fingerprint density at radius 2 is 2.29 bits per heavy atom. The number of nitrogens with zero attached hydrogens (tertiary/aromatic N) is 1. The summed E-state index contributed by atoms with van der Waals surface area (Å²) >= 11 is 0. The molecule has 2 aliphatic rings. The number of hydrogen-bond donors (Lipinski definition) is 1. The maximum atomic E-state index is 3.46. The monoisotopic (exact) mass is 230 g/mol. The summed E-state index contributed by atoms with van der Waals surface area (Å²) < 4.78 is 0. The SMILES string of the molecule is CCNCC1CC1c1ccc2c(c1)CCN2C. The zero-order valence-corrected chi connectivity index (χ0v) is 10.9. The van der Waals surface area contributed by atoms with Gasteiger partial charge in [-0.15, -0.1) is 0 Å². The molecule has 1 aliphatic carbocycles. The maximum absolute atomic E-state index is 3.46. The molecule has 0 amide bonds. The van der Waals surface area contributed by atoms with Crippen LogP contribution in [-0.2, 0) is 6.42 Å². The van der Waals surface area contributed by atoms with Crippen molar-refractivity contribution in [3.63, 3.8) is 0 Å². The van der Waals surface area contributed by atoms with Gasteiger partial charge in [0.1, 0.15) is 0 Å². The fourth-order valence-corrected chi connectivity index (χ4v) is 3.03. The molecule has 0 bridgehead atoms. The van der Waals surface area contributed by atoms with Crippen molar-refractivity contribution in [1.29, 1.82) is 0 Å². The van der Waals surface area contributed by atoms with Crippen LogP contribution in [0.3, 0.4) is 0 Å². The second kappa shape index (κ2) is 4.34. The van der Waals surface area contributed by atoms with Gasteiger partial charge in [-0.2, -0.15) is 0 Å². The highest BCUT2D eigenvalue weighted by Crippen LogP contribution is 2.48. The third kappa shape index (κ3) is 2.06. The number of likely N-dealkylation sites (N-methyl/N-ethyl adjacent to an activating group) is 1. The van der Waals surface area contributed by atoms with Gasteiger partial charge in [0.2, 0.25) is 0 Å². The second-order valence-corrected chi connectivity index (χ2v) is 5.47. The minimum Gasteiger partial charge on any atom is -0.374 e. The predicted molar refractivity (Wildman–Crippen MR) is 72.8 cm³/mol. The van der Waals surface area contributed by atoms with Crippen LogP contribution in [0.4, 0.5) is 5.69 Å². The summed E-state index contributed by atoms with van der Waals surface area (Å²) in [5.41, 5.74) is 4.57. The summed E-state index contributed by atoms with van der Waals surface area (Å²) in [6, 6.07) is 7.12. The van der Waals surface area contributed by atoms with E-state index in [4.69, 9.17) is 0 Å². The summed E-state index contributed by atoms with van der Waals surface area (Å²) in [5.74, 6) is 1.71. The summed E-state index contributed by atoms with van der Waals surface area (Å²) in [5, 5.41) is 3.46. The van der Waals surface area contributed by atoms with E-state index >= 15 is 0 Å². The summed E-state index contributed by atoms with van der Waals surface area (Å²) in [6.45, 7) is 5.66. The molecule has 17 heavy (non-hydrogen) atoms. The van der Waals surface area contributed by atoms with Crippen LogP contribution in [0.15, 0.2) is 18.2 Å². The van der Waals surface area contributed by atoms with Crippen LogP contribution in [0.1, 0.15) is 30.4 Å². The molecule has 92 valence electrons. The Balaban J connectivity index is 1.70. The van der Waals surface area contributed by atoms with Crippen molar-refractivity contribution in [2.45, 2.75) is 25.7 Å². The zero-order chi connectivity index (χ0) is 11.8. The van der Waals surface area contributed by atoms with E-state index in [0.717, 1.165) is 18.4 Å². The van der Waals surface area contributed by atoms with Crippen molar-refractivity contribution in [2.24, 2.45) is 5.92 Å². The van der Waals surface area contributed by atoms with Gasteiger partial charge in [-0.1, -0.05) is 19.1 Å². The molecular weight excluding hydrogens is 208 g/mol. The van der Waals surface area contributed by atoms with Crippen molar-refractivity contribution in [3.05, 3.63) is 29.3 Å². The molecule has 1 aromatic rings. The molecule has 2 heteroatoms. The van der Waals surface area contributed by atoms with Crippen molar-refractivity contribution in [3.8, 4) is 0 Å². The lowest BCUT2D eigenvalue weighted by Crippen LogP contribution is -2.16. The van der Waals surface area contributed by atoms with Gasteiger partial charge in [-0.3, -0.25) is 0 Å². The van der Waals surface area contributed by atoms with Crippen LogP contribution in [0.2, 0.25) is 0 Å². The fraction of sp³-hybridized carbons (Fsp3) is 0.600. The Labute approximate surface area is 104 Å². The average molecular weight is 230 g/mol. The van der Waals surface area contributed by atoms with E-state index in [9.17, 15) is 0 Å². The number of hydrogen-bond acceptors (Lipinski definition) is 2. The van der Waals surface area contributed by atoms with Crippen molar-refractivity contribution >= 4 is 5.69 Å². The van der Waals surface area contributed by atoms with Gasteiger partial charge in [-0.25, -0.2) is 0 Å². The van der Waals surface area contributed by atoms with Gasteiger partial charge in [-0.05, 0) is 55.0 Å². The van der Waals surface area contributed by atoms with E-state index in [2.05, 4.69) is 42.4 Å². The first-order chi connectivity index (χ1) is 8.29. The molecule has 1 aliphatic heterocycles. The van der Waals surface area contributed by atoms with E-state index < -0.39 is 0 Å². The molecule has 1 aromatic carbocycles. The third-order valence-electron chi connectivity index (χ3n) is 4.24. The molecule has 2 atom stereocenters. The first kappa shape index (κ1) is 11.1. The Hall–Kier alpha value is -1.02. The molecule has 0 radical (unpaired) electrons. The van der Waals surface area contributed by atoms with E-state index in [1.165, 1.54) is 31.6 Å². The third-order valence-corrected chi connectivity index (χ3v) is 4.24. The Morgan fingerprint density at radius 1 is 1.41 bits per heavy atom. The first-order valence-electron chi connectivity index (χ1n) is 6.84. The molecule has 1 saturated carbocycles.